The van der Waals surface area contributed by atoms with Crippen molar-refractivity contribution in [3.8, 4) is 0 Å². The number of rotatable bonds is 13. The minimum atomic E-state index is 0.555. The largest absolute Gasteiger partial charge is 0.334 e. The van der Waals surface area contributed by atoms with Crippen LogP contribution in [-0.4, -0.2) is 9.55 Å². The second kappa shape index (κ2) is 11.7. The Kier molecular flexibility index (Phi) is 9.99. The lowest BCUT2D eigenvalue weighted by atomic mass is 10.0. The summed E-state index contributed by atoms with van der Waals surface area (Å²) in [6.07, 6.45) is 22.8. The van der Waals surface area contributed by atoms with E-state index in [1.54, 1.807) is 0 Å². The van der Waals surface area contributed by atoms with Crippen molar-refractivity contribution in [3.63, 3.8) is 0 Å². The lowest BCUT2D eigenvalue weighted by Gasteiger charge is -2.16. The van der Waals surface area contributed by atoms with E-state index in [1.807, 2.05) is 18.6 Å². The first-order valence-corrected chi connectivity index (χ1v) is 8.46. The highest BCUT2D eigenvalue weighted by molar-refractivity contribution is 4.84. The molecule has 2 nitrogen and oxygen atoms in total. The van der Waals surface area contributed by atoms with Crippen LogP contribution in [0.1, 0.15) is 83.6 Å². The fraction of sp³-hybridized carbons (Fsp3) is 0.722. The Morgan fingerprint density at radius 1 is 1.05 bits per heavy atom. The van der Waals surface area contributed by atoms with Crippen LogP contribution >= 0.6 is 0 Å². The molecule has 0 fully saturated rings. The maximum atomic E-state index is 4.15. The van der Waals surface area contributed by atoms with Gasteiger partial charge in [0.2, 0.25) is 0 Å². The number of aromatic nitrogens is 2. The van der Waals surface area contributed by atoms with Gasteiger partial charge in [0.25, 0.3) is 0 Å². The summed E-state index contributed by atoms with van der Waals surface area (Å²) < 4.78 is 2.23. The smallest absolute Gasteiger partial charge is 0.0948 e. The normalized spacial score (nSPS) is 12.4. The van der Waals surface area contributed by atoms with Gasteiger partial charge in [-0.25, -0.2) is 4.98 Å². The Morgan fingerprint density at radius 3 is 2.25 bits per heavy atom. The van der Waals surface area contributed by atoms with E-state index >= 15 is 0 Å². The van der Waals surface area contributed by atoms with Gasteiger partial charge in [0.15, 0.2) is 0 Å². The predicted octanol–water partition coefficient (Wildman–Crippen LogP) is 5.92. The zero-order valence-electron chi connectivity index (χ0n) is 13.3. The zero-order valence-corrected chi connectivity index (χ0v) is 13.3. The van der Waals surface area contributed by atoms with E-state index in [4.69, 9.17) is 0 Å². The highest BCUT2D eigenvalue weighted by Gasteiger charge is 2.07. The average molecular weight is 276 g/mol. The monoisotopic (exact) mass is 276 g/mol. The van der Waals surface area contributed by atoms with Crippen LogP contribution in [-0.2, 0) is 0 Å². The van der Waals surface area contributed by atoms with Crippen molar-refractivity contribution in [3.05, 3.63) is 31.4 Å². The molecule has 0 saturated carbocycles. The van der Waals surface area contributed by atoms with Gasteiger partial charge in [-0.15, -0.1) is 6.58 Å². The van der Waals surface area contributed by atoms with Crippen molar-refractivity contribution < 1.29 is 0 Å². The van der Waals surface area contributed by atoms with Gasteiger partial charge in [-0.2, -0.15) is 0 Å². The van der Waals surface area contributed by atoms with Crippen LogP contribution in [0.4, 0.5) is 0 Å². The summed E-state index contributed by atoms with van der Waals surface area (Å²) in [4.78, 5) is 4.15. The van der Waals surface area contributed by atoms with Crippen molar-refractivity contribution in [2.45, 2.75) is 83.6 Å². The summed E-state index contributed by atoms with van der Waals surface area (Å²) in [7, 11) is 0. The molecule has 20 heavy (non-hydrogen) atoms. The molecule has 0 amide bonds. The molecule has 0 aliphatic rings. The average Bonchev–Trinajstić information content (AvgIpc) is 2.98. The Bertz CT molecular complexity index is 316. The molecule has 0 aliphatic carbocycles. The second-order valence-corrected chi connectivity index (χ2v) is 5.81. The minimum absolute atomic E-state index is 0.555. The fourth-order valence-corrected chi connectivity index (χ4v) is 2.76. The van der Waals surface area contributed by atoms with Gasteiger partial charge < -0.3 is 4.57 Å². The molecule has 0 bridgehead atoms. The Hall–Kier alpha value is -1.05. The van der Waals surface area contributed by atoms with E-state index in [0.717, 1.165) is 6.42 Å². The number of hydrogen-bond donors (Lipinski definition) is 0. The molecule has 0 radical (unpaired) electrons. The Morgan fingerprint density at radius 2 is 1.70 bits per heavy atom. The molecule has 0 spiro atoms. The highest BCUT2D eigenvalue weighted by Crippen LogP contribution is 2.20. The summed E-state index contributed by atoms with van der Waals surface area (Å²) in [6.45, 7) is 6.15. The van der Waals surface area contributed by atoms with E-state index in [0.29, 0.717) is 6.04 Å². The van der Waals surface area contributed by atoms with E-state index in [-0.39, 0.29) is 0 Å². The molecule has 0 aliphatic heterocycles. The maximum Gasteiger partial charge on any atom is 0.0948 e. The van der Waals surface area contributed by atoms with Crippen molar-refractivity contribution in [1.29, 1.82) is 0 Å². The summed E-state index contributed by atoms with van der Waals surface area (Å²) in [5.41, 5.74) is 0. The quantitative estimate of drug-likeness (QED) is 0.323. The van der Waals surface area contributed by atoms with Crippen LogP contribution in [0.25, 0.3) is 0 Å². The highest BCUT2D eigenvalue weighted by atomic mass is 15.0. The van der Waals surface area contributed by atoms with E-state index < -0.39 is 0 Å². The van der Waals surface area contributed by atoms with Crippen LogP contribution in [0.2, 0.25) is 0 Å². The second-order valence-electron chi connectivity index (χ2n) is 5.81. The van der Waals surface area contributed by atoms with Gasteiger partial charge in [0.05, 0.1) is 6.33 Å². The summed E-state index contributed by atoms with van der Waals surface area (Å²) in [6, 6.07) is 0.555. The Balaban J connectivity index is 2.02. The third-order valence-corrected chi connectivity index (χ3v) is 4.03. The number of allylic oxidation sites excluding steroid dienone is 1. The lowest BCUT2D eigenvalue weighted by molar-refractivity contribution is 0.439. The number of nitrogens with zero attached hydrogens (tertiary/aromatic N) is 2. The first-order valence-electron chi connectivity index (χ1n) is 8.46. The van der Waals surface area contributed by atoms with Crippen LogP contribution in [0, 0.1) is 0 Å². The van der Waals surface area contributed by atoms with E-state index in [2.05, 4.69) is 29.3 Å². The molecule has 0 aromatic carbocycles. The molecule has 0 N–H and O–H groups in total. The SMILES string of the molecule is C=CCC(CCCCCCCCCCC)n1ccnc1. The summed E-state index contributed by atoms with van der Waals surface area (Å²) >= 11 is 0. The molecule has 1 aromatic heterocycles. The first-order chi connectivity index (χ1) is 9.88. The molecular formula is C18H32N2. The molecule has 114 valence electrons. The number of imidazole rings is 1. The van der Waals surface area contributed by atoms with E-state index in [9.17, 15) is 0 Å². The molecule has 0 saturated heterocycles. The molecule has 1 rings (SSSR count). The third kappa shape index (κ3) is 7.52. The third-order valence-electron chi connectivity index (χ3n) is 4.03. The fourth-order valence-electron chi connectivity index (χ4n) is 2.76. The molecule has 1 heterocycles. The van der Waals surface area contributed by atoms with Crippen LogP contribution in [0.3, 0.4) is 0 Å². The number of hydrogen-bond acceptors (Lipinski definition) is 1. The minimum Gasteiger partial charge on any atom is -0.334 e. The van der Waals surface area contributed by atoms with Gasteiger partial charge in [-0.3, -0.25) is 0 Å². The summed E-state index contributed by atoms with van der Waals surface area (Å²) in [5.74, 6) is 0. The van der Waals surface area contributed by atoms with Crippen LogP contribution in [0.15, 0.2) is 31.4 Å². The lowest BCUT2D eigenvalue weighted by Crippen LogP contribution is -2.06. The molecule has 1 aromatic rings. The maximum absolute atomic E-state index is 4.15. The standard InChI is InChI=1S/C18H32N2/c1-3-5-6-7-8-9-10-11-12-14-18(13-4-2)20-16-15-19-17-20/h4,15-18H,2-3,5-14H2,1H3. The van der Waals surface area contributed by atoms with Crippen LogP contribution < -0.4 is 0 Å². The van der Waals surface area contributed by atoms with Gasteiger partial charge in [-0.05, 0) is 12.8 Å². The topological polar surface area (TPSA) is 17.8 Å². The Labute approximate surface area is 125 Å². The molecule has 1 atom stereocenters. The molecular weight excluding hydrogens is 244 g/mol. The van der Waals surface area contributed by atoms with Crippen LogP contribution in [0.5, 0.6) is 0 Å². The van der Waals surface area contributed by atoms with Gasteiger partial charge in [0, 0.05) is 18.4 Å². The van der Waals surface area contributed by atoms with Crippen molar-refractivity contribution in [2.24, 2.45) is 0 Å². The predicted molar refractivity (Wildman–Crippen MR) is 87.9 cm³/mol. The molecule has 1 unspecified atom stereocenters. The molecule has 2 heteroatoms. The van der Waals surface area contributed by atoms with E-state index in [1.165, 1.54) is 64.2 Å². The van der Waals surface area contributed by atoms with Gasteiger partial charge in [-0.1, -0.05) is 70.8 Å². The summed E-state index contributed by atoms with van der Waals surface area (Å²) in [5, 5.41) is 0. The van der Waals surface area contributed by atoms with Crippen molar-refractivity contribution in [2.75, 3.05) is 0 Å². The first kappa shape index (κ1) is 17.0. The van der Waals surface area contributed by atoms with Gasteiger partial charge >= 0.3 is 0 Å². The zero-order chi connectivity index (χ0) is 14.5. The van der Waals surface area contributed by atoms with Gasteiger partial charge in [0.1, 0.15) is 0 Å². The number of unbranched alkanes of at least 4 members (excludes halogenated alkanes) is 8. The van der Waals surface area contributed by atoms with Crippen molar-refractivity contribution >= 4 is 0 Å². The van der Waals surface area contributed by atoms with Crippen molar-refractivity contribution in [1.82, 2.24) is 9.55 Å².